The van der Waals surface area contributed by atoms with Crippen LogP contribution in [0.2, 0.25) is 0 Å². The zero-order valence-electron chi connectivity index (χ0n) is 14.7. The summed E-state index contributed by atoms with van der Waals surface area (Å²) >= 11 is 0. The predicted octanol–water partition coefficient (Wildman–Crippen LogP) is 2.42. The molecule has 1 aromatic rings. The van der Waals surface area contributed by atoms with Gasteiger partial charge in [-0.1, -0.05) is 0 Å². The molecule has 6 heteroatoms. The topological polar surface area (TPSA) is 76.9 Å². The Bertz CT molecular complexity index is 528. The molecule has 0 aliphatic heterocycles. The SMILES string of the molecule is CN(C)CC1CCC(CN(Cc2cc(CO)ccn2)C(=O)O)CC1. The summed E-state index contributed by atoms with van der Waals surface area (Å²) in [7, 11) is 4.21. The molecule has 0 atom stereocenters. The van der Waals surface area contributed by atoms with E-state index in [1.165, 1.54) is 17.7 Å². The van der Waals surface area contributed by atoms with Gasteiger partial charge < -0.3 is 20.0 Å². The maximum Gasteiger partial charge on any atom is 0.407 e. The fraction of sp³-hybridized carbons (Fsp3) is 0.667. The molecular formula is C18H29N3O3. The van der Waals surface area contributed by atoms with Crippen molar-refractivity contribution < 1.29 is 15.0 Å². The molecule has 1 saturated carbocycles. The molecule has 0 saturated heterocycles. The molecule has 1 amide bonds. The Hall–Kier alpha value is -1.66. The van der Waals surface area contributed by atoms with E-state index in [0.717, 1.165) is 30.9 Å². The monoisotopic (exact) mass is 335 g/mol. The summed E-state index contributed by atoms with van der Waals surface area (Å²) < 4.78 is 0. The summed E-state index contributed by atoms with van der Waals surface area (Å²) in [5.41, 5.74) is 1.44. The van der Waals surface area contributed by atoms with Crippen LogP contribution in [0.4, 0.5) is 4.79 Å². The number of carboxylic acid groups (broad SMARTS) is 1. The molecule has 2 rings (SSSR count). The molecule has 0 spiro atoms. The maximum absolute atomic E-state index is 11.6. The van der Waals surface area contributed by atoms with Crippen LogP contribution >= 0.6 is 0 Å². The van der Waals surface area contributed by atoms with E-state index in [1.54, 1.807) is 18.3 Å². The van der Waals surface area contributed by atoms with Crippen molar-refractivity contribution in [1.82, 2.24) is 14.8 Å². The van der Waals surface area contributed by atoms with E-state index in [-0.39, 0.29) is 13.2 Å². The maximum atomic E-state index is 11.6. The van der Waals surface area contributed by atoms with E-state index in [1.807, 2.05) is 0 Å². The number of hydrogen-bond acceptors (Lipinski definition) is 4. The smallest absolute Gasteiger partial charge is 0.407 e. The predicted molar refractivity (Wildman–Crippen MR) is 92.6 cm³/mol. The minimum Gasteiger partial charge on any atom is -0.465 e. The fourth-order valence-corrected chi connectivity index (χ4v) is 3.54. The number of aromatic nitrogens is 1. The number of nitrogens with zero attached hydrogens (tertiary/aromatic N) is 3. The molecule has 0 aromatic carbocycles. The van der Waals surface area contributed by atoms with E-state index >= 15 is 0 Å². The highest BCUT2D eigenvalue weighted by Gasteiger charge is 2.25. The molecule has 0 bridgehead atoms. The van der Waals surface area contributed by atoms with Crippen LogP contribution < -0.4 is 0 Å². The van der Waals surface area contributed by atoms with Crippen molar-refractivity contribution in [3.63, 3.8) is 0 Å². The van der Waals surface area contributed by atoms with Gasteiger partial charge in [0, 0.05) is 19.3 Å². The lowest BCUT2D eigenvalue weighted by atomic mass is 9.81. The second-order valence-corrected chi connectivity index (χ2v) is 7.13. The van der Waals surface area contributed by atoms with Crippen LogP contribution in [0.1, 0.15) is 36.9 Å². The van der Waals surface area contributed by atoms with Gasteiger partial charge in [0.05, 0.1) is 18.8 Å². The van der Waals surface area contributed by atoms with E-state index in [0.29, 0.717) is 18.2 Å². The lowest BCUT2D eigenvalue weighted by Gasteiger charge is -2.32. The molecule has 0 radical (unpaired) electrons. The first kappa shape index (κ1) is 18.7. The Kier molecular flexibility index (Phi) is 6.99. The third-order valence-electron chi connectivity index (χ3n) is 4.76. The summed E-state index contributed by atoms with van der Waals surface area (Å²) in [6, 6.07) is 3.50. The average Bonchev–Trinajstić information content (AvgIpc) is 2.55. The lowest BCUT2D eigenvalue weighted by molar-refractivity contribution is 0.120. The summed E-state index contributed by atoms with van der Waals surface area (Å²) in [6.07, 6.45) is 5.25. The van der Waals surface area contributed by atoms with Crippen LogP contribution in [0, 0.1) is 11.8 Å². The number of aliphatic hydroxyl groups is 1. The number of carbonyl (C=O) groups is 1. The first-order valence-corrected chi connectivity index (χ1v) is 8.65. The van der Waals surface area contributed by atoms with Gasteiger partial charge in [0.15, 0.2) is 0 Å². The zero-order chi connectivity index (χ0) is 17.5. The van der Waals surface area contributed by atoms with Gasteiger partial charge in [-0.3, -0.25) is 4.98 Å². The number of hydrogen-bond donors (Lipinski definition) is 2. The highest BCUT2D eigenvalue weighted by Crippen LogP contribution is 2.30. The summed E-state index contributed by atoms with van der Waals surface area (Å²) in [6.45, 7) is 1.90. The zero-order valence-corrected chi connectivity index (χ0v) is 14.7. The van der Waals surface area contributed by atoms with Gasteiger partial charge >= 0.3 is 6.09 Å². The van der Waals surface area contributed by atoms with Crippen LogP contribution in [0.25, 0.3) is 0 Å². The standard InChI is InChI=1S/C18H29N3O3/c1-20(2)10-14-3-5-15(6-4-14)11-21(18(23)24)12-17-9-16(13-22)7-8-19-17/h7-9,14-15,22H,3-6,10-13H2,1-2H3,(H,23,24). The average molecular weight is 335 g/mol. The molecule has 134 valence electrons. The van der Waals surface area contributed by atoms with Crippen molar-refractivity contribution in [3.8, 4) is 0 Å². The van der Waals surface area contributed by atoms with Gasteiger partial charge in [0.2, 0.25) is 0 Å². The highest BCUT2D eigenvalue weighted by atomic mass is 16.4. The van der Waals surface area contributed by atoms with Crippen molar-refractivity contribution in [2.24, 2.45) is 11.8 Å². The molecule has 0 unspecified atom stereocenters. The molecular weight excluding hydrogens is 306 g/mol. The number of rotatable bonds is 7. The van der Waals surface area contributed by atoms with Crippen molar-refractivity contribution in [3.05, 3.63) is 29.6 Å². The number of amides is 1. The normalized spacial score (nSPS) is 21.0. The van der Waals surface area contributed by atoms with Crippen LogP contribution in [-0.4, -0.2) is 58.3 Å². The second kappa shape index (κ2) is 8.99. The highest BCUT2D eigenvalue weighted by molar-refractivity contribution is 5.64. The summed E-state index contributed by atoms with van der Waals surface area (Å²) in [5, 5.41) is 18.7. The molecule has 1 aliphatic carbocycles. The van der Waals surface area contributed by atoms with Gasteiger partial charge in [-0.25, -0.2) is 4.79 Å². The molecule has 2 N–H and O–H groups in total. The van der Waals surface area contributed by atoms with Crippen LogP contribution in [0.5, 0.6) is 0 Å². The molecule has 6 nitrogen and oxygen atoms in total. The van der Waals surface area contributed by atoms with Crippen molar-refractivity contribution in [1.29, 1.82) is 0 Å². The number of aliphatic hydroxyl groups excluding tert-OH is 1. The Morgan fingerprint density at radius 3 is 2.38 bits per heavy atom. The largest absolute Gasteiger partial charge is 0.465 e. The van der Waals surface area contributed by atoms with E-state index in [4.69, 9.17) is 0 Å². The molecule has 1 fully saturated rings. The fourth-order valence-electron chi connectivity index (χ4n) is 3.54. The lowest BCUT2D eigenvalue weighted by Crippen LogP contribution is -2.36. The van der Waals surface area contributed by atoms with Crippen LogP contribution in [0.3, 0.4) is 0 Å². The van der Waals surface area contributed by atoms with Crippen LogP contribution in [-0.2, 0) is 13.2 Å². The Morgan fingerprint density at radius 1 is 1.21 bits per heavy atom. The summed E-state index contributed by atoms with van der Waals surface area (Å²) in [5.74, 6) is 1.16. The first-order valence-electron chi connectivity index (χ1n) is 8.65. The van der Waals surface area contributed by atoms with E-state index in [2.05, 4.69) is 24.0 Å². The van der Waals surface area contributed by atoms with Gasteiger partial charge in [-0.2, -0.15) is 0 Å². The second-order valence-electron chi connectivity index (χ2n) is 7.13. The molecule has 1 aliphatic rings. The van der Waals surface area contributed by atoms with Crippen molar-refractivity contribution in [2.75, 3.05) is 27.2 Å². The van der Waals surface area contributed by atoms with Gasteiger partial charge in [-0.05, 0) is 69.3 Å². The van der Waals surface area contributed by atoms with Crippen LogP contribution in [0.15, 0.2) is 18.3 Å². The Labute approximate surface area is 144 Å². The molecule has 24 heavy (non-hydrogen) atoms. The third-order valence-corrected chi connectivity index (χ3v) is 4.76. The first-order chi connectivity index (χ1) is 11.5. The minimum absolute atomic E-state index is 0.0571. The summed E-state index contributed by atoms with van der Waals surface area (Å²) in [4.78, 5) is 19.5. The molecule has 1 aromatic heterocycles. The van der Waals surface area contributed by atoms with E-state index in [9.17, 15) is 15.0 Å². The van der Waals surface area contributed by atoms with Gasteiger partial charge in [-0.15, -0.1) is 0 Å². The Balaban J connectivity index is 1.89. The van der Waals surface area contributed by atoms with Crippen molar-refractivity contribution in [2.45, 2.75) is 38.8 Å². The van der Waals surface area contributed by atoms with E-state index < -0.39 is 6.09 Å². The Morgan fingerprint density at radius 2 is 1.83 bits per heavy atom. The van der Waals surface area contributed by atoms with Crippen molar-refractivity contribution >= 4 is 6.09 Å². The minimum atomic E-state index is -0.901. The number of pyridine rings is 1. The van der Waals surface area contributed by atoms with Gasteiger partial charge in [0.1, 0.15) is 0 Å². The quantitative estimate of drug-likeness (QED) is 0.800. The van der Waals surface area contributed by atoms with Gasteiger partial charge in [0.25, 0.3) is 0 Å². The third kappa shape index (κ3) is 5.76. The molecule has 1 heterocycles.